The Bertz CT molecular complexity index is 611. The van der Waals surface area contributed by atoms with E-state index in [1.165, 1.54) is 0 Å². The molecule has 0 aromatic heterocycles. The normalized spacial score (nSPS) is 10.2. The molecular formula is C17H21NO3. The zero-order valence-corrected chi connectivity index (χ0v) is 12.6. The predicted molar refractivity (Wildman–Crippen MR) is 84.3 cm³/mol. The highest BCUT2D eigenvalue weighted by Crippen LogP contribution is 2.29. The molecule has 0 aliphatic heterocycles. The van der Waals surface area contributed by atoms with E-state index < -0.39 is 0 Å². The summed E-state index contributed by atoms with van der Waals surface area (Å²) < 4.78 is 10.8. The van der Waals surface area contributed by atoms with Crippen LogP contribution in [0.2, 0.25) is 0 Å². The first-order valence-electron chi connectivity index (χ1n) is 6.97. The molecule has 0 spiro atoms. The van der Waals surface area contributed by atoms with Crippen LogP contribution in [0.15, 0.2) is 36.4 Å². The lowest BCUT2D eigenvalue weighted by atomic mass is 10.1. The SMILES string of the molecule is CCOc1cc(CNc2ccc(C)cc2OC)ccc1O. The highest BCUT2D eigenvalue weighted by Gasteiger charge is 2.06. The molecule has 2 rings (SSSR count). The number of methoxy groups -OCH3 is 1. The zero-order chi connectivity index (χ0) is 15.2. The maximum Gasteiger partial charge on any atom is 0.161 e. The van der Waals surface area contributed by atoms with E-state index in [0.717, 1.165) is 22.6 Å². The second-order valence-corrected chi connectivity index (χ2v) is 4.79. The third-order valence-corrected chi connectivity index (χ3v) is 3.16. The van der Waals surface area contributed by atoms with Gasteiger partial charge in [0.15, 0.2) is 11.5 Å². The summed E-state index contributed by atoms with van der Waals surface area (Å²) in [6.07, 6.45) is 0. The standard InChI is InChI=1S/C17H21NO3/c1-4-21-17-10-13(6-8-15(17)19)11-18-14-7-5-12(2)9-16(14)20-3/h5-10,18-19H,4,11H2,1-3H3. The number of phenols is 1. The molecule has 2 N–H and O–H groups in total. The van der Waals surface area contributed by atoms with Crippen molar-refractivity contribution in [1.29, 1.82) is 0 Å². The Morgan fingerprint density at radius 3 is 2.62 bits per heavy atom. The summed E-state index contributed by atoms with van der Waals surface area (Å²) >= 11 is 0. The molecule has 4 nitrogen and oxygen atoms in total. The van der Waals surface area contributed by atoms with Gasteiger partial charge in [-0.3, -0.25) is 0 Å². The Hall–Kier alpha value is -2.36. The number of aromatic hydroxyl groups is 1. The summed E-state index contributed by atoms with van der Waals surface area (Å²) in [6.45, 7) is 5.07. The van der Waals surface area contributed by atoms with Gasteiger partial charge in [-0.15, -0.1) is 0 Å². The van der Waals surface area contributed by atoms with Crippen molar-refractivity contribution in [1.82, 2.24) is 0 Å². The number of hydrogen-bond donors (Lipinski definition) is 2. The van der Waals surface area contributed by atoms with Gasteiger partial charge in [-0.05, 0) is 49.2 Å². The first-order valence-corrected chi connectivity index (χ1v) is 6.97. The lowest BCUT2D eigenvalue weighted by Gasteiger charge is -2.13. The van der Waals surface area contributed by atoms with Crippen molar-refractivity contribution >= 4 is 5.69 Å². The molecule has 0 aliphatic rings. The van der Waals surface area contributed by atoms with Crippen molar-refractivity contribution in [2.75, 3.05) is 19.0 Å². The number of anilines is 1. The van der Waals surface area contributed by atoms with E-state index >= 15 is 0 Å². The third kappa shape index (κ3) is 3.81. The molecule has 21 heavy (non-hydrogen) atoms. The van der Waals surface area contributed by atoms with Crippen LogP contribution in [-0.4, -0.2) is 18.8 Å². The van der Waals surface area contributed by atoms with E-state index in [0.29, 0.717) is 18.9 Å². The number of nitrogens with one attached hydrogen (secondary N) is 1. The van der Waals surface area contributed by atoms with Crippen LogP contribution >= 0.6 is 0 Å². The van der Waals surface area contributed by atoms with Crippen LogP contribution in [0.25, 0.3) is 0 Å². The first kappa shape index (κ1) is 15.0. The summed E-state index contributed by atoms with van der Waals surface area (Å²) in [6, 6.07) is 11.4. The molecule has 112 valence electrons. The van der Waals surface area contributed by atoms with E-state index in [4.69, 9.17) is 9.47 Å². The van der Waals surface area contributed by atoms with Crippen molar-refractivity contribution in [3.8, 4) is 17.2 Å². The number of rotatable bonds is 6. The van der Waals surface area contributed by atoms with Gasteiger partial charge in [0.25, 0.3) is 0 Å². The Kier molecular flexibility index (Phi) is 4.93. The number of ether oxygens (including phenoxy) is 2. The Balaban J connectivity index is 2.11. The average molecular weight is 287 g/mol. The lowest BCUT2D eigenvalue weighted by molar-refractivity contribution is 0.318. The molecule has 0 heterocycles. The van der Waals surface area contributed by atoms with Gasteiger partial charge in [0.05, 0.1) is 19.4 Å². The smallest absolute Gasteiger partial charge is 0.161 e. The molecule has 0 aliphatic carbocycles. The van der Waals surface area contributed by atoms with Crippen LogP contribution in [0.5, 0.6) is 17.2 Å². The monoisotopic (exact) mass is 287 g/mol. The van der Waals surface area contributed by atoms with Crippen molar-refractivity contribution in [3.63, 3.8) is 0 Å². The van der Waals surface area contributed by atoms with Gasteiger partial charge in [0.1, 0.15) is 5.75 Å². The molecular weight excluding hydrogens is 266 g/mol. The second-order valence-electron chi connectivity index (χ2n) is 4.79. The van der Waals surface area contributed by atoms with Crippen LogP contribution in [-0.2, 0) is 6.54 Å². The van der Waals surface area contributed by atoms with Crippen molar-refractivity contribution in [2.24, 2.45) is 0 Å². The van der Waals surface area contributed by atoms with E-state index in [-0.39, 0.29) is 5.75 Å². The molecule has 2 aromatic rings. The quantitative estimate of drug-likeness (QED) is 0.850. The third-order valence-electron chi connectivity index (χ3n) is 3.16. The Morgan fingerprint density at radius 2 is 1.90 bits per heavy atom. The number of aryl methyl sites for hydroxylation is 1. The molecule has 4 heteroatoms. The van der Waals surface area contributed by atoms with Crippen LogP contribution in [0.1, 0.15) is 18.1 Å². The summed E-state index contributed by atoms with van der Waals surface area (Å²) in [5.74, 6) is 1.49. The fourth-order valence-corrected chi connectivity index (χ4v) is 2.08. The predicted octanol–water partition coefficient (Wildman–Crippen LogP) is 3.72. The van der Waals surface area contributed by atoms with Crippen LogP contribution in [0.4, 0.5) is 5.69 Å². The van der Waals surface area contributed by atoms with E-state index in [2.05, 4.69) is 5.32 Å². The van der Waals surface area contributed by atoms with E-state index in [9.17, 15) is 5.11 Å². The average Bonchev–Trinajstić information content (AvgIpc) is 2.49. The number of hydrogen-bond acceptors (Lipinski definition) is 4. The Labute approximate surface area is 125 Å². The van der Waals surface area contributed by atoms with Crippen LogP contribution in [0, 0.1) is 6.92 Å². The van der Waals surface area contributed by atoms with E-state index in [1.54, 1.807) is 13.2 Å². The molecule has 0 bridgehead atoms. The minimum absolute atomic E-state index is 0.161. The molecule has 0 amide bonds. The highest BCUT2D eigenvalue weighted by atomic mass is 16.5. The molecule has 0 radical (unpaired) electrons. The van der Waals surface area contributed by atoms with Crippen LogP contribution in [0.3, 0.4) is 0 Å². The fourth-order valence-electron chi connectivity index (χ4n) is 2.08. The Morgan fingerprint density at radius 1 is 1.10 bits per heavy atom. The van der Waals surface area contributed by atoms with Crippen molar-refractivity contribution in [2.45, 2.75) is 20.4 Å². The molecule has 2 aromatic carbocycles. The van der Waals surface area contributed by atoms with Gasteiger partial charge >= 0.3 is 0 Å². The first-order chi connectivity index (χ1) is 10.1. The summed E-state index contributed by atoms with van der Waals surface area (Å²) in [4.78, 5) is 0. The van der Waals surface area contributed by atoms with Gasteiger partial charge in [-0.2, -0.15) is 0 Å². The van der Waals surface area contributed by atoms with Crippen LogP contribution < -0.4 is 14.8 Å². The molecule has 0 atom stereocenters. The van der Waals surface area contributed by atoms with Gasteiger partial charge in [-0.1, -0.05) is 12.1 Å². The van der Waals surface area contributed by atoms with Gasteiger partial charge in [0.2, 0.25) is 0 Å². The van der Waals surface area contributed by atoms with Gasteiger partial charge < -0.3 is 19.9 Å². The minimum atomic E-state index is 0.161. The fraction of sp³-hybridized carbons (Fsp3) is 0.294. The summed E-state index contributed by atoms with van der Waals surface area (Å²) in [7, 11) is 1.66. The van der Waals surface area contributed by atoms with Gasteiger partial charge in [-0.25, -0.2) is 0 Å². The summed E-state index contributed by atoms with van der Waals surface area (Å²) in [5.41, 5.74) is 3.12. The maximum atomic E-state index is 9.70. The summed E-state index contributed by atoms with van der Waals surface area (Å²) in [5, 5.41) is 13.0. The minimum Gasteiger partial charge on any atom is -0.504 e. The molecule has 0 saturated heterocycles. The van der Waals surface area contributed by atoms with Crippen molar-refractivity contribution < 1.29 is 14.6 Å². The number of benzene rings is 2. The van der Waals surface area contributed by atoms with E-state index in [1.807, 2.05) is 44.2 Å². The largest absolute Gasteiger partial charge is 0.504 e. The zero-order valence-electron chi connectivity index (χ0n) is 12.6. The second kappa shape index (κ2) is 6.88. The van der Waals surface area contributed by atoms with Gasteiger partial charge in [0, 0.05) is 6.54 Å². The number of phenolic OH excluding ortho intramolecular Hbond substituents is 1. The lowest BCUT2D eigenvalue weighted by Crippen LogP contribution is -2.02. The molecule has 0 saturated carbocycles. The van der Waals surface area contributed by atoms with Crippen molar-refractivity contribution in [3.05, 3.63) is 47.5 Å². The highest BCUT2D eigenvalue weighted by molar-refractivity contribution is 5.58. The topological polar surface area (TPSA) is 50.7 Å². The molecule has 0 fully saturated rings. The maximum absolute atomic E-state index is 9.70. The molecule has 0 unspecified atom stereocenters.